The minimum atomic E-state index is -0.239. The first-order chi connectivity index (χ1) is 55.6. The lowest BCUT2D eigenvalue weighted by Gasteiger charge is -2.31. The highest BCUT2D eigenvalue weighted by molar-refractivity contribution is 6.23. The summed E-state index contributed by atoms with van der Waals surface area (Å²) in [5.74, 6) is 0. The van der Waals surface area contributed by atoms with Crippen LogP contribution in [0.5, 0.6) is 0 Å². The van der Waals surface area contributed by atoms with E-state index >= 15 is 0 Å². The standard InChI is InChI=1S/C110H86N4/c1-107(2)97-41-25-21-37-85(97)89-59-53-81(67-101(89)107)113(82-54-60-90-86-38-22-26-42-98(86)108(3,4)102(90)68-82)79-57-63-93-95(65-79)105(71-45-49-77(50-46-71)111(73-29-13-9-14-30-73)74-31-15-10-16-32-74)94-64-58-80(66-96(94)106(93)72-47-51-78(52-48-72)112(75-33-17-11-18-34-75)76-35-19-12-20-36-76)114(83-55-61-91-87-39-23-27-43-99(87)109(5,6)103(91)69-83)84-56-62-92-88-40-24-28-44-100(88)110(7,8)104(92)70-84/h9-70H,1-8H3. The van der Waals surface area contributed by atoms with E-state index in [9.17, 15) is 0 Å². The topological polar surface area (TPSA) is 13.0 Å². The van der Waals surface area contributed by atoms with Crippen molar-refractivity contribution in [2.45, 2.75) is 77.0 Å². The van der Waals surface area contributed by atoms with Gasteiger partial charge in [0.25, 0.3) is 0 Å². The van der Waals surface area contributed by atoms with E-state index in [4.69, 9.17) is 0 Å². The van der Waals surface area contributed by atoms with Crippen molar-refractivity contribution < 1.29 is 0 Å². The SMILES string of the molecule is CC1(C)c2ccccc2-c2ccc(N(c3ccc4c(c3)C(C)(C)c3ccccc3-4)c3ccc4c(-c5ccc(N(c6ccccc6)c6ccccc6)cc5)c5cc(N(c6ccc7c(c6)C(C)(C)c6ccccc6-7)c6ccc7c(c6)C(C)(C)c6ccccc6-7)ccc5c(-c5ccc(N(c6ccccc6)c6ccccc6)cc5)c4c3)cc21. The molecule has 0 unspecified atom stereocenters. The first-order valence-corrected chi connectivity index (χ1v) is 40.2. The predicted molar refractivity (Wildman–Crippen MR) is 481 cm³/mol. The summed E-state index contributed by atoms with van der Waals surface area (Å²) in [6.07, 6.45) is 0. The fourth-order valence-corrected chi connectivity index (χ4v) is 20.1. The van der Waals surface area contributed by atoms with Crippen LogP contribution in [0.15, 0.2) is 376 Å². The number of nitrogens with zero attached hydrogens (tertiary/aromatic N) is 4. The van der Waals surface area contributed by atoms with E-state index < -0.39 is 0 Å². The van der Waals surface area contributed by atoms with Crippen LogP contribution in [0.25, 0.3) is 88.3 Å². The Balaban J connectivity index is 0.844. The summed E-state index contributed by atoms with van der Waals surface area (Å²) in [6, 6.07) is 142. The van der Waals surface area contributed by atoms with Crippen LogP contribution in [0.2, 0.25) is 0 Å². The van der Waals surface area contributed by atoms with Gasteiger partial charge < -0.3 is 19.6 Å². The van der Waals surface area contributed by atoms with Crippen LogP contribution in [-0.4, -0.2) is 0 Å². The molecule has 114 heavy (non-hydrogen) atoms. The summed E-state index contributed by atoms with van der Waals surface area (Å²) in [5, 5.41) is 4.57. The second-order valence-corrected chi connectivity index (χ2v) is 33.6. The van der Waals surface area contributed by atoms with Gasteiger partial charge in [-0.1, -0.05) is 286 Å². The van der Waals surface area contributed by atoms with E-state index in [0.29, 0.717) is 0 Å². The summed E-state index contributed by atoms with van der Waals surface area (Å²) < 4.78 is 0. The monoisotopic (exact) mass is 1460 g/mol. The van der Waals surface area contributed by atoms with Gasteiger partial charge in [-0.2, -0.15) is 0 Å². The molecule has 17 aromatic carbocycles. The second kappa shape index (κ2) is 26.0. The number of hydrogen-bond donors (Lipinski definition) is 0. The van der Waals surface area contributed by atoms with Gasteiger partial charge in [0.05, 0.1) is 0 Å². The van der Waals surface area contributed by atoms with Gasteiger partial charge in [0.2, 0.25) is 0 Å². The van der Waals surface area contributed by atoms with Crippen molar-refractivity contribution in [2.75, 3.05) is 19.6 Å². The Hall–Kier alpha value is -13.5. The van der Waals surface area contributed by atoms with Crippen molar-refractivity contribution >= 4 is 89.8 Å². The molecule has 0 aromatic heterocycles. The lowest BCUT2D eigenvalue weighted by Crippen LogP contribution is -2.18. The molecule has 4 aliphatic carbocycles. The number of hydrogen-bond acceptors (Lipinski definition) is 4. The van der Waals surface area contributed by atoms with Crippen LogP contribution in [0.3, 0.4) is 0 Å². The Kier molecular flexibility index (Phi) is 15.6. The van der Waals surface area contributed by atoms with Gasteiger partial charge in [0.1, 0.15) is 0 Å². The summed E-state index contributed by atoms with van der Waals surface area (Å²) in [5.41, 5.74) is 37.7. The number of para-hydroxylation sites is 4. The quantitative estimate of drug-likeness (QED) is 0.101. The molecule has 0 radical (unpaired) electrons. The zero-order chi connectivity index (χ0) is 76.9. The summed E-state index contributed by atoms with van der Waals surface area (Å²) in [4.78, 5) is 9.84. The first-order valence-electron chi connectivity index (χ1n) is 40.2. The summed E-state index contributed by atoms with van der Waals surface area (Å²) in [7, 11) is 0. The highest BCUT2D eigenvalue weighted by Gasteiger charge is 2.41. The van der Waals surface area contributed by atoms with Gasteiger partial charge in [-0.25, -0.2) is 0 Å². The third-order valence-electron chi connectivity index (χ3n) is 25.8. The predicted octanol–water partition coefficient (Wildman–Crippen LogP) is 30.4. The normalized spacial score (nSPS) is 14.2. The lowest BCUT2D eigenvalue weighted by molar-refractivity contribution is 0.659. The maximum absolute atomic E-state index is 2.55. The third-order valence-corrected chi connectivity index (χ3v) is 25.8. The second-order valence-electron chi connectivity index (χ2n) is 33.6. The average Bonchev–Trinajstić information content (AvgIpc) is 1.36. The molecule has 0 saturated carbocycles. The molecular formula is C110H86N4. The van der Waals surface area contributed by atoms with Crippen molar-refractivity contribution in [3.63, 3.8) is 0 Å². The first kappa shape index (κ1) is 68.5. The Labute approximate surface area is 669 Å². The Bertz CT molecular complexity index is 6010. The van der Waals surface area contributed by atoms with E-state index in [1.54, 1.807) is 0 Å². The van der Waals surface area contributed by atoms with E-state index in [0.717, 1.165) is 112 Å². The Morgan fingerprint density at radius 2 is 0.342 bits per heavy atom. The largest absolute Gasteiger partial charge is 0.311 e. The van der Waals surface area contributed by atoms with Crippen LogP contribution in [0.4, 0.5) is 68.2 Å². The van der Waals surface area contributed by atoms with Crippen molar-refractivity contribution in [2.24, 2.45) is 0 Å². The fraction of sp³-hybridized carbons (Fsp3) is 0.109. The molecule has 4 nitrogen and oxygen atoms in total. The van der Waals surface area contributed by atoms with Gasteiger partial charge in [-0.05, 0) is 278 Å². The molecule has 0 heterocycles. The molecule has 4 aliphatic rings. The van der Waals surface area contributed by atoms with Crippen LogP contribution in [0, 0.1) is 0 Å². The van der Waals surface area contributed by atoms with Crippen LogP contribution < -0.4 is 19.6 Å². The highest BCUT2D eigenvalue weighted by atomic mass is 15.2. The van der Waals surface area contributed by atoms with Crippen LogP contribution in [-0.2, 0) is 21.7 Å². The van der Waals surface area contributed by atoms with E-state index in [2.05, 4.69) is 451 Å². The van der Waals surface area contributed by atoms with Crippen molar-refractivity contribution in [1.82, 2.24) is 0 Å². The lowest BCUT2D eigenvalue weighted by atomic mass is 9.82. The van der Waals surface area contributed by atoms with Crippen LogP contribution >= 0.6 is 0 Å². The molecule has 0 fully saturated rings. The summed E-state index contributed by atoms with van der Waals surface area (Å²) in [6.45, 7) is 19.2. The van der Waals surface area contributed by atoms with E-state index in [1.807, 2.05) is 0 Å². The number of rotatable bonds is 14. The maximum atomic E-state index is 2.55. The van der Waals surface area contributed by atoms with Crippen molar-refractivity contribution in [3.05, 3.63) is 421 Å². The molecule has 4 heteroatoms. The van der Waals surface area contributed by atoms with E-state index in [-0.39, 0.29) is 21.7 Å². The maximum Gasteiger partial charge on any atom is 0.0468 e. The molecule has 0 amide bonds. The zero-order valence-electron chi connectivity index (χ0n) is 65.6. The number of anilines is 12. The highest BCUT2D eigenvalue weighted by Crippen LogP contribution is 2.58. The fourth-order valence-electron chi connectivity index (χ4n) is 20.1. The van der Waals surface area contributed by atoms with Gasteiger partial charge >= 0.3 is 0 Å². The third kappa shape index (κ3) is 10.6. The van der Waals surface area contributed by atoms with Crippen LogP contribution in [0.1, 0.15) is 99.9 Å². The smallest absolute Gasteiger partial charge is 0.0468 e. The molecule has 21 rings (SSSR count). The molecule has 0 bridgehead atoms. The van der Waals surface area contributed by atoms with Gasteiger partial charge in [0, 0.05) is 89.9 Å². The van der Waals surface area contributed by atoms with Gasteiger partial charge in [0.15, 0.2) is 0 Å². The molecule has 0 spiro atoms. The van der Waals surface area contributed by atoms with E-state index in [1.165, 1.54) is 89.0 Å². The molecule has 546 valence electrons. The molecule has 0 N–H and O–H groups in total. The number of fused-ring (bicyclic) bond motifs is 14. The molecular weight excluding hydrogens is 1380 g/mol. The molecule has 0 saturated heterocycles. The van der Waals surface area contributed by atoms with Crippen molar-refractivity contribution in [1.29, 1.82) is 0 Å². The molecule has 0 aliphatic heterocycles. The minimum Gasteiger partial charge on any atom is -0.311 e. The molecule has 0 atom stereocenters. The average molecular weight is 1460 g/mol. The Morgan fingerprint density at radius 1 is 0.149 bits per heavy atom. The Morgan fingerprint density at radius 3 is 0.605 bits per heavy atom. The van der Waals surface area contributed by atoms with Gasteiger partial charge in [-0.15, -0.1) is 0 Å². The minimum absolute atomic E-state index is 0.239. The van der Waals surface area contributed by atoms with Crippen molar-refractivity contribution in [3.8, 4) is 66.8 Å². The van der Waals surface area contributed by atoms with Gasteiger partial charge in [-0.3, -0.25) is 0 Å². The zero-order valence-corrected chi connectivity index (χ0v) is 65.6. The number of benzene rings is 17. The molecule has 17 aromatic rings. The summed E-state index contributed by atoms with van der Waals surface area (Å²) >= 11 is 0.